The van der Waals surface area contributed by atoms with Gasteiger partial charge >= 0.3 is 0 Å². The molecule has 0 aliphatic carbocycles. The van der Waals surface area contributed by atoms with Gasteiger partial charge in [-0.05, 0) is 35.9 Å². The van der Waals surface area contributed by atoms with Gasteiger partial charge in [-0.1, -0.05) is 35.5 Å². The van der Waals surface area contributed by atoms with Crippen molar-refractivity contribution >= 4 is 12.2 Å². The van der Waals surface area contributed by atoms with Crippen molar-refractivity contribution in [1.29, 1.82) is 0 Å². The summed E-state index contributed by atoms with van der Waals surface area (Å²) in [5.41, 5.74) is 1.97. The summed E-state index contributed by atoms with van der Waals surface area (Å²) >= 11 is 0. The van der Waals surface area contributed by atoms with Crippen LogP contribution in [-0.4, -0.2) is 17.3 Å². The highest BCUT2D eigenvalue weighted by Gasteiger charge is 2.06. The van der Waals surface area contributed by atoms with Gasteiger partial charge in [-0.2, -0.15) is 4.98 Å². The van der Waals surface area contributed by atoms with E-state index in [2.05, 4.69) is 10.1 Å². The van der Waals surface area contributed by atoms with Crippen LogP contribution in [0.4, 0.5) is 0 Å². The highest BCUT2D eigenvalue weighted by molar-refractivity contribution is 5.66. The van der Waals surface area contributed by atoms with Crippen LogP contribution < -0.4 is 4.74 Å². The lowest BCUT2D eigenvalue weighted by atomic mass is 10.2. The summed E-state index contributed by atoms with van der Waals surface area (Å²) in [6.07, 6.45) is 3.74. The zero-order valence-corrected chi connectivity index (χ0v) is 11.6. The van der Waals surface area contributed by atoms with Gasteiger partial charge in [0.1, 0.15) is 5.75 Å². The molecule has 0 atom stereocenters. The van der Waals surface area contributed by atoms with E-state index in [4.69, 9.17) is 9.26 Å². The Bertz CT molecular complexity index is 731. The number of rotatable bonds is 4. The second-order valence-electron chi connectivity index (χ2n) is 4.43. The van der Waals surface area contributed by atoms with Crippen LogP contribution in [0.2, 0.25) is 0 Å². The molecular weight excluding hydrogens is 264 g/mol. The van der Waals surface area contributed by atoms with Crippen LogP contribution in [-0.2, 0) is 0 Å². The molecule has 0 spiro atoms. The third-order valence-electron chi connectivity index (χ3n) is 3.01. The average Bonchev–Trinajstić information content (AvgIpc) is 3.03. The molecule has 21 heavy (non-hydrogen) atoms. The molecule has 1 heterocycles. The van der Waals surface area contributed by atoms with Crippen LogP contribution in [0, 0.1) is 0 Å². The van der Waals surface area contributed by atoms with Gasteiger partial charge in [0.2, 0.25) is 5.82 Å². The van der Waals surface area contributed by atoms with Gasteiger partial charge < -0.3 is 9.26 Å². The molecule has 0 saturated carbocycles. The zero-order chi connectivity index (χ0) is 14.5. The predicted octanol–water partition coefficient (Wildman–Crippen LogP) is 3.92. The summed E-state index contributed by atoms with van der Waals surface area (Å²) in [5, 5.41) is 3.98. The van der Waals surface area contributed by atoms with Crippen LogP contribution in [0.1, 0.15) is 11.5 Å². The topological polar surface area (TPSA) is 48.2 Å². The van der Waals surface area contributed by atoms with E-state index in [0.29, 0.717) is 11.7 Å². The van der Waals surface area contributed by atoms with Crippen molar-refractivity contribution in [2.24, 2.45) is 0 Å². The van der Waals surface area contributed by atoms with Crippen molar-refractivity contribution in [2.45, 2.75) is 0 Å². The summed E-state index contributed by atoms with van der Waals surface area (Å²) in [6.45, 7) is 0. The van der Waals surface area contributed by atoms with E-state index in [1.807, 2.05) is 60.7 Å². The standard InChI is InChI=1S/C17H14N2O2/c1-20-15-10-8-14(9-11-15)17-18-16(21-19-17)12-7-13-5-3-2-4-6-13/h2-12H,1H3/b12-7-. The molecule has 4 nitrogen and oxygen atoms in total. The van der Waals surface area contributed by atoms with E-state index in [1.165, 1.54) is 0 Å². The van der Waals surface area contributed by atoms with Gasteiger partial charge in [0.15, 0.2) is 0 Å². The fourth-order valence-corrected chi connectivity index (χ4v) is 1.89. The van der Waals surface area contributed by atoms with E-state index < -0.39 is 0 Å². The number of hydrogen-bond acceptors (Lipinski definition) is 4. The van der Waals surface area contributed by atoms with E-state index >= 15 is 0 Å². The maximum Gasteiger partial charge on any atom is 0.250 e. The Hall–Kier alpha value is -2.88. The van der Waals surface area contributed by atoms with Gasteiger partial charge in [0.05, 0.1) is 7.11 Å². The Morgan fingerprint density at radius 1 is 0.952 bits per heavy atom. The zero-order valence-electron chi connectivity index (χ0n) is 11.6. The van der Waals surface area contributed by atoms with Crippen LogP contribution in [0.3, 0.4) is 0 Å². The SMILES string of the molecule is COc1ccc(-c2noc(/C=C\c3ccccc3)n2)cc1. The number of hydrogen-bond donors (Lipinski definition) is 0. The fourth-order valence-electron chi connectivity index (χ4n) is 1.89. The molecule has 0 bridgehead atoms. The minimum Gasteiger partial charge on any atom is -0.497 e. The van der Waals surface area contributed by atoms with E-state index in [0.717, 1.165) is 16.9 Å². The molecule has 0 amide bonds. The second kappa shape index (κ2) is 6.05. The molecule has 0 saturated heterocycles. The smallest absolute Gasteiger partial charge is 0.250 e. The number of aromatic nitrogens is 2. The number of nitrogens with zero attached hydrogens (tertiary/aromatic N) is 2. The Morgan fingerprint density at radius 2 is 1.71 bits per heavy atom. The number of benzene rings is 2. The van der Waals surface area contributed by atoms with E-state index in [9.17, 15) is 0 Å². The molecule has 104 valence electrons. The summed E-state index contributed by atoms with van der Waals surface area (Å²) < 4.78 is 10.3. The van der Waals surface area contributed by atoms with Crippen LogP contribution in [0.25, 0.3) is 23.5 Å². The van der Waals surface area contributed by atoms with Crippen LogP contribution in [0.5, 0.6) is 5.75 Å². The quantitative estimate of drug-likeness (QED) is 0.725. The van der Waals surface area contributed by atoms with Gasteiger partial charge in [-0.25, -0.2) is 0 Å². The number of methoxy groups -OCH3 is 1. The maximum absolute atomic E-state index is 5.22. The first kappa shape index (κ1) is 13.1. The summed E-state index contributed by atoms with van der Waals surface area (Å²) in [5.74, 6) is 1.83. The molecule has 2 aromatic carbocycles. The minimum absolute atomic E-state index is 0.477. The summed E-state index contributed by atoms with van der Waals surface area (Å²) in [7, 11) is 1.63. The third-order valence-corrected chi connectivity index (χ3v) is 3.01. The van der Waals surface area contributed by atoms with Gasteiger partial charge in [0, 0.05) is 11.6 Å². The molecule has 0 aliphatic heterocycles. The van der Waals surface area contributed by atoms with Crippen molar-refractivity contribution < 1.29 is 9.26 Å². The monoisotopic (exact) mass is 278 g/mol. The van der Waals surface area contributed by atoms with Crippen molar-refractivity contribution in [2.75, 3.05) is 7.11 Å². The van der Waals surface area contributed by atoms with Crippen molar-refractivity contribution in [3.8, 4) is 17.1 Å². The molecule has 1 aromatic heterocycles. The first-order valence-electron chi connectivity index (χ1n) is 6.56. The first-order chi connectivity index (χ1) is 10.3. The molecule has 3 aromatic rings. The van der Waals surface area contributed by atoms with E-state index in [1.54, 1.807) is 13.2 Å². The molecule has 0 fully saturated rings. The lowest BCUT2D eigenvalue weighted by Crippen LogP contribution is -1.84. The van der Waals surface area contributed by atoms with E-state index in [-0.39, 0.29) is 0 Å². The van der Waals surface area contributed by atoms with Crippen LogP contribution in [0.15, 0.2) is 59.1 Å². The average molecular weight is 278 g/mol. The summed E-state index contributed by atoms with van der Waals surface area (Å²) in [4.78, 5) is 4.35. The minimum atomic E-state index is 0.477. The molecule has 0 unspecified atom stereocenters. The van der Waals surface area contributed by atoms with Crippen molar-refractivity contribution in [3.05, 3.63) is 66.1 Å². The third kappa shape index (κ3) is 3.17. The number of ether oxygens (including phenoxy) is 1. The van der Waals surface area contributed by atoms with Crippen molar-refractivity contribution in [3.63, 3.8) is 0 Å². The normalized spacial score (nSPS) is 10.9. The summed E-state index contributed by atoms with van der Waals surface area (Å²) in [6, 6.07) is 17.5. The lowest BCUT2D eigenvalue weighted by Gasteiger charge is -1.98. The van der Waals surface area contributed by atoms with Gasteiger partial charge in [0.25, 0.3) is 5.89 Å². The molecule has 0 aliphatic rings. The Balaban J connectivity index is 1.78. The lowest BCUT2D eigenvalue weighted by molar-refractivity contribution is 0.411. The molecule has 4 heteroatoms. The van der Waals surface area contributed by atoms with Gasteiger partial charge in [-0.15, -0.1) is 0 Å². The van der Waals surface area contributed by atoms with Crippen molar-refractivity contribution in [1.82, 2.24) is 10.1 Å². The fraction of sp³-hybridized carbons (Fsp3) is 0.0588. The molecule has 0 radical (unpaired) electrons. The Kier molecular flexibility index (Phi) is 3.78. The second-order valence-corrected chi connectivity index (χ2v) is 4.43. The molecule has 3 rings (SSSR count). The first-order valence-corrected chi connectivity index (χ1v) is 6.56. The van der Waals surface area contributed by atoms with Gasteiger partial charge in [-0.3, -0.25) is 0 Å². The predicted molar refractivity (Wildman–Crippen MR) is 81.7 cm³/mol. The molecular formula is C17H14N2O2. The maximum atomic E-state index is 5.22. The Labute approximate surface area is 122 Å². The molecule has 0 N–H and O–H groups in total. The highest BCUT2D eigenvalue weighted by Crippen LogP contribution is 2.20. The Morgan fingerprint density at radius 3 is 2.43 bits per heavy atom. The largest absolute Gasteiger partial charge is 0.497 e. The van der Waals surface area contributed by atoms with Crippen LogP contribution >= 0.6 is 0 Å². The highest BCUT2D eigenvalue weighted by atomic mass is 16.5.